The molecule has 9 heteroatoms. The molecule has 0 N–H and O–H groups in total. The summed E-state index contributed by atoms with van der Waals surface area (Å²) in [7, 11) is 1.31. The quantitative estimate of drug-likeness (QED) is 0.542. The first kappa shape index (κ1) is 22.0. The summed E-state index contributed by atoms with van der Waals surface area (Å²) in [5, 5.41) is 1.95. The minimum Gasteiger partial charge on any atom is -0.487 e. The van der Waals surface area contributed by atoms with E-state index in [0.717, 1.165) is 15.9 Å². The van der Waals surface area contributed by atoms with Crippen molar-refractivity contribution in [3.05, 3.63) is 41.9 Å². The largest absolute Gasteiger partial charge is 0.487 e. The summed E-state index contributed by atoms with van der Waals surface area (Å²) in [5.74, 6) is 0.150. The zero-order valence-electron chi connectivity index (χ0n) is 18.4. The number of nitrogens with zero attached hydrogens (tertiary/aromatic N) is 3. The molecule has 0 saturated carbocycles. The number of ether oxygens (including phenoxy) is 3. The minimum atomic E-state index is -0.768. The molecule has 0 aliphatic carbocycles. The van der Waals surface area contributed by atoms with Crippen LogP contribution in [0.1, 0.15) is 27.2 Å². The lowest BCUT2D eigenvalue weighted by Crippen LogP contribution is -2.44. The van der Waals surface area contributed by atoms with E-state index < -0.39 is 29.8 Å². The topological polar surface area (TPSA) is 90.9 Å². The van der Waals surface area contributed by atoms with Gasteiger partial charge in [0.15, 0.2) is 0 Å². The first-order valence-electron chi connectivity index (χ1n) is 10.3. The van der Waals surface area contributed by atoms with Gasteiger partial charge in [0.2, 0.25) is 0 Å². The Bertz CT molecular complexity index is 1130. The van der Waals surface area contributed by atoms with Crippen molar-refractivity contribution in [1.82, 2.24) is 14.9 Å². The highest BCUT2D eigenvalue weighted by molar-refractivity contribution is 7.17. The number of thiophene rings is 1. The number of rotatable bonds is 4. The van der Waals surface area contributed by atoms with E-state index in [4.69, 9.17) is 14.2 Å². The van der Waals surface area contributed by atoms with Gasteiger partial charge in [-0.05, 0) is 44.4 Å². The van der Waals surface area contributed by atoms with Crippen LogP contribution in [0.5, 0.6) is 5.75 Å². The summed E-state index contributed by atoms with van der Waals surface area (Å²) in [6.45, 7) is 5.56. The number of fused-ring (bicyclic) bond motifs is 1. The van der Waals surface area contributed by atoms with Crippen molar-refractivity contribution in [2.75, 3.05) is 13.7 Å². The number of methoxy groups -OCH3 is 1. The van der Waals surface area contributed by atoms with Crippen LogP contribution in [-0.4, -0.2) is 58.3 Å². The number of esters is 1. The zero-order chi connectivity index (χ0) is 22.9. The van der Waals surface area contributed by atoms with Crippen molar-refractivity contribution in [2.24, 2.45) is 0 Å². The Morgan fingerprint density at radius 1 is 1.19 bits per heavy atom. The Morgan fingerprint density at radius 2 is 2.00 bits per heavy atom. The van der Waals surface area contributed by atoms with Crippen LogP contribution in [0.15, 0.2) is 41.9 Å². The second-order valence-corrected chi connectivity index (χ2v) is 9.42. The molecule has 1 saturated heterocycles. The Labute approximate surface area is 190 Å². The second-order valence-electron chi connectivity index (χ2n) is 8.50. The predicted molar refractivity (Wildman–Crippen MR) is 121 cm³/mol. The SMILES string of the molecule is COC(=O)C1C[C@@H](Oc2cc(-c3ccccn3)nc3ccsc23)CN1C(=O)OC(C)(C)C. The molecule has 0 bridgehead atoms. The van der Waals surface area contributed by atoms with E-state index >= 15 is 0 Å². The lowest BCUT2D eigenvalue weighted by atomic mass is 10.2. The van der Waals surface area contributed by atoms with E-state index in [0.29, 0.717) is 17.9 Å². The summed E-state index contributed by atoms with van der Waals surface area (Å²) >= 11 is 1.52. The van der Waals surface area contributed by atoms with Crippen LogP contribution in [0.4, 0.5) is 4.79 Å². The molecule has 168 valence electrons. The van der Waals surface area contributed by atoms with Crippen LogP contribution in [-0.2, 0) is 14.3 Å². The molecule has 1 amide bonds. The van der Waals surface area contributed by atoms with E-state index in [1.54, 1.807) is 27.0 Å². The van der Waals surface area contributed by atoms with Crippen molar-refractivity contribution in [1.29, 1.82) is 0 Å². The van der Waals surface area contributed by atoms with Crippen LogP contribution in [0, 0.1) is 0 Å². The summed E-state index contributed by atoms with van der Waals surface area (Å²) in [4.78, 5) is 35.5. The summed E-state index contributed by atoms with van der Waals surface area (Å²) in [6, 6.07) is 8.65. The van der Waals surface area contributed by atoms with Gasteiger partial charge in [-0.1, -0.05) is 6.07 Å². The molecule has 0 radical (unpaired) electrons. The summed E-state index contributed by atoms with van der Waals surface area (Å²) < 4.78 is 17.6. The number of aromatic nitrogens is 2. The van der Waals surface area contributed by atoms with Crippen LogP contribution in [0.25, 0.3) is 21.6 Å². The third kappa shape index (κ3) is 4.67. The third-order valence-corrected chi connectivity index (χ3v) is 5.88. The fraction of sp³-hybridized carbons (Fsp3) is 0.391. The Hall–Kier alpha value is -3.20. The molecule has 3 aromatic rings. The molecule has 1 aliphatic heterocycles. The lowest BCUT2D eigenvalue weighted by molar-refractivity contribution is -0.145. The van der Waals surface area contributed by atoms with Gasteiger partial charge in [-0.3, -0.25) is 9.88 Å². The van der Waals surface area contributed by atoms with Crippen molar-refractivity contribution < 1.29 is 23.8 Å². The van der Waals surface area contributed by atoms with Crippen LogP contribution >= 0.6 is 11.3 Å². The van der Waals surface area contributed by atoms with E-state index in [1.807, 2.05) is 35.7 Å². The molecule has 4 rings (SSSR count). The number of hydrogen-bond acceptors (Lipinski definition) is 8. The molecular weight excluding hydrogens is 430 g/mol. The van der Waals surface area contributed by atoms with Crippen molar-refractivity contribution in [3.63, 3.8) is 0 Å². The molecule has 32 heavy (non-hydrogen) atoms. The van der Waals surface area contributed by atoms with Crippen molar-refractivity contribution >= 4 is 33.6 Å². The number of pyridine rings is 2. The number of carbonyl (C=O) groups excluding carboxylic acids is 2. The second kappa shape index (κ2) is 8.74. The number of hydrogen-bond donors (Lipinski definition) is 0. The number of carbonyl (C=O) groups is 2. The van der Waals surface area contributed by atoms with E-state index in [1.165, 1.54) is 23.3 Å². The number of amides is 1. The Balaban J connectivity index is 1.62. The molecule has 1 aliphatic rings. The summed E-state index contributed by atoms with van der Waals surface area (Å²) in [5.41, 5.74) is 1.56. The average Bonchev–Trinajstić information content (AvgIpc) is 3.40. The molecule has 3 aromatic heterocycles. The first-order chi connectivity index (χ1) is 15.2. The Morgan fingerprint density at radius 3 is 2.69 bits per heavy atom. The highest BCUT2D eigenvalue weighted by Crippen LogP contribution is 2.35. The third-order valence-electron chi connectivity index (χ3n) is 4.96. The molecule has 8 nitrogen and oxygen atoms in total. The maximum absolute atomic E-state index is 12.7. The average molecular weight is 456 g/mol. The lowest BCUT2D eigenvalue weighted by Gasteiger charge is -2.27. The van der Waals surface area contributed by atoms with Crippen molar-refractivity contribution in [3.8, 4) is 17.1 Å². The van der Waals surface area contributed by atoms with Crippen LogP contribution in [0.2, 0.25) is 0 Å². The summed E-state index contributed by atoms with van der Waals surface area (Å²) in [6.07, 6.45) is 1.05. The minimum absolute atomic E-state index is 0.211. The molecule has 0 aromatic carbocycles. The highest BCUT2D eigenvalue weighted by Gasteiger charge is 2.43. The molecule has 4 heterocycles. The smallest absolute Gasteiger partial charge is 0.411 e. The van der Waals surface area contributed by atoms with Gasteiger partial charge in [-0.2, -0.15) is 0 Å². The van der Waals surface area contributed by atoms with Gasteiger partial charge in [-0.25, -0.2) is 14.6 Å². The maximum Gasteiger partial charge on any atom is 0.411 e. The molecule has 1 fully saturated rings. The normalized spacial score (nSPS) is 18.6. The molecular formula is C23H25N3O5S. The van der Waals surface area contributed by atoms with Crippen LogP contribution < -0.4 is 4.74 Å². The van der Waals surface area contributed by atoms with Crippen LogP contribution in [0.3, 0.4) is 0 Å². The van der Waals surface area contributed by atoms with Crippen molar-refractivity contribution in [2.45, 2.75) is 44.9 Å². The van der Waals surface area contributed by atoms with E-state index in [2.05, 4.69) is 9.97 Å². The van der Waals surface area contributed by atoms with E-state index in [9.17, 15) is 9.59 Å². The fourth-order valence-corrected chi connectivity index (χ4v) is 4.39. The van der Waals surface area contributed by atoms with Gasteiger partial charge in [0.05, 0.1) is 35.3 Å². The van der Waals surface area contributed by atoms with Gasteiger partial charge < -0.3 is 14.2 Å². The number of likely N-dealkylation sites (tertiary alicyclic amines) is 1. The van der Waals surface area contributed by atoms with Gasteiger partial charge >= 0.3 is 12.1 Å². The molecule has 1 unspecified atom stereocenters. The maximum atomic E-state index is 12.7. The zero-order valence-corrected chi connectivity index (χ0v) is 19.2. The standard InChI is InChI=1S/C23H25N3O5S/c1-23(2,3)31-22(28)26-13-14(11-18(26)21(27)29-4)30-19-12-17(15-7-5-6-9-24-15)25-16-8-10-32-20(16)19/h5-10,12,14,18H,11,13H2,1-4H3/t14-,18?/m1/s1. The van der Waals surface area contributed by atoms with Gasteiger partial charge in [0.1, 0.15) is 23.5 Å². The monoisotopic (exact) mass is 455 g/mol. The highest BCUT2D eigenvalue weighted by atomic mass is 32.1. The fourth-order valence-electron chi connectivity index (χ4n) is 3.60. The van der Waals surface area contributed by atoms with Gasteiger partial charge in [0.25, 0.3) is 0 Å². The Kier molecular flexibility index (Phi) is 6.01. The van der Waals surface area contributed by atoms with E-state index in [-0.39, 0.29) is 6.54 Å². The molecule has 0 spiro atoms. The first-order valence-corrected chi connectivity index (χ1v) is 11.2. The van der Waals surface area contributed by atoms with Gasteiger partial charge in [-0.15, -0.1) is 11.3 Å². The molecule has 2 atom stereocenters. The van der Waals surface area contributed by atoms with Gasteiger partial charge in [0, 0.05) is 18.7 Å². The predicted octanol–water partition coefficient (Wildman–Crippen LogP) is 4.29.